The Hall–Kier alpha value is -2.24. The Bertz CT molecular complexity index is 557. The number of aliphatic carboxylic acids is 1. The minimum atomic E-state index is -0.897. The molecule has 1 saturated heterocycles. The zero-order chi connectivity index (χ0) is 15.6. The number of hydrogen-bond acceptors (Lipinski definition) is 4. The number of methoxy groups -OCH3 is 2. The number of ether oxygens (including phenoxy) is 2. The first-order chi connectivity index (χ1) is 9.97. The molecule has 1 amide bonds. The molecular formula is C15H19NO5. The first-order valence-electron chi connectivity index (χ1n) is 6.71. The molecule has 0 bridgehead atoms. The molecule has 0 radical (unpaired) electrons. The van der Waals surface area contributed by atoms with Crippen LogP contribution < -0.4 is 9.47 Å². The number of nitrogens with zero attached hydrogens (tertiary/aromatic N) is 1. The zero-order valence-corrected chi connectivity index (χ0v) is 12.3. The number of rotatable bonds is 6. The summed E-state index contributed by atoms with van der Waals surface area (Å²) in [6, 6.07) is 5.10. The van der Waals surface area contributed by atoms with Crippen LogP contribution in [-0.4, -0.2) is 42.1 Å². The van der Waals surface area contributed by atoms with Gasteiger partial charge in [-0.2, -0.15) is 0 Å². The monoisotopic (exact) mass is 293 g/mol. The average Bonchev–Trinajstić information content (AvgIpc) is 2.49. The molecule has 114 valence electrons. The number of carbonyl (C=O) groups is 2. The van der Waals surface area contributed by atoms with Crippen molar-refractivity contribution < 1.29 is 24.2 Å². The number of likely N-dealkylation sites (tertiary alicyclic amines) is 1. The molecule has 1 fully saturated rings. The normalized spacial score (nSPS) is 20.9. The summed E-state index contributed by atoms with van der Waals surface area (Å²) in [5, 5.41) is 8.93. The third-order valence-corrected chi connectivity index (χ3v) is 3.87. The second-order valence-corrected chi connectivity index (χ2v) is 5.10. The van der Waals surface area contributed by atoms with Crippen LogP contribution in [0.1, 0.15) is 18.9 Å². The van der Waals surface area contributed by atoms with E-state index in [0.29, 0.717) is 18.0 Å². The van der Waals surface area contributed by atoms with E-state index >= 15 is 0 Å². The fraction of sp³-hybridized carbons (Fsp3) is 0.467. The number of hydrogen-bond donors (Lipinski definition) is 1. The van der Waals surface area contributed by atoms with Crippen molar-refractivity contribution in [2.75, 3.05) is 14.2 Å². The smallest absolute Gasteiger partial charge is 0.305 e. The summed E-state index contributed by atoms with van der Waals surface area (Å²) in [5.74, 6) is 0.118. The van der Waals surface area contributed by atoms with E-state index in [0.717, 1.165) is 5.56 Å². The maximum atomic E-state index is 11.9. The van der Waals surface area contributed by atoms with Gasteiger partial charge in [0.15, 0.2) is 0 Å². The molecule has 1 aromatic carbocycles. The molecule has 1 aliphatic heterocycles. The van der Waals surface area contributed by atoms with Gasteiger partial charge < -0.3 is 19.5 Å². The molecule has 2 rings (SSSR count). The Labute approximate surface area is 123 Å². The Morgan fingerprint density at radius 3 is 2.62 bits per heavy atom. The van der Waals surface area contributed by atoms with E-state index in [1.165, 1.54) is 0 Å². The second-order valence-electron chi connectivity index (χ2n) is 5.10. The van der Waals surface area contributed by atoms with Crippen molar-refractivity contribution in [3.63, 3.8) is 0 Å². The number of carboxylic acid groups (broad SMARTS) is 1. The van der Waals surface area contributed by atoms with E-state index in [9.17, 15) is 9.59 Å². The van der Waals surface area contributed by atoms with Crippen molar-refractivity contribution in [2.45, 2.75) is 25.9 Å². The molecule has 2 atom stereocenters. The first kappa shape index (κ1) is 15.2. The third kappa shape index (κ3) is 2.94. The standard InChI is InChI=1S/C15H19NO5/c1-9-12(7-14(17)18)16(15(9)19)8-10-4-5-11(20-2)6-13(10)21-3/h4-6,9,12H,7-8H2,1-3H3,(H,17,18)/t9-,12-/m0/s1. The number of amides is 1. The van der Waals surface area contributed by atoms with Crippen LogP contribution in [0.4, 0.5) is 0 Å². The number of β-lactam (4-membered cyclic amide) rings is 1. The maximum absolute atomic E-state index is 11.9. The summed E-state index contributed by atoms with van der Waals surface area (Å²) in [6.07, 6.45) is -0.0363. The lowest BCUT2D eigenvalue weighted by Crippen LogP contribution is -2.59. The van der Waals surface area contributed by atoms with Gasteiger partial charge in [0.1, 0.15) is 11.5 Å². The molecule has 1 heterocycles. The fourth-order valence-corrected chi connectivity index (χ4v) is 2.60. The predicted molar refractivity (Wildman–Crippen MR) is 75.3 cm³/mol. The van der Waals surface area contributed by atoms with E-state index in [2.05, 4.69) is 0 Å². The first-order valence-corrected chi connectivity index (χ1v) is 6.71. The van der Waals surface area contributed by atoms with Gasteiger partial charge >= 0.3 is 5.97 Å². The van der Waals surface area contributed by atoms with E-state index in [1.54, 1.807) is 38.2 Å². The largest absolute Gasteiger partial charge is 0.497 e. The molecule has 1 N–H and O–H groups in total. The highest BCUT2D eigenvalue weighted by Crippen LogP contribution is 2.33. The van der Waals surface area contributed by atoms with Gasteiger partial charge in [-0.3, -0.25) is 9.59 Å². The van der Waals surface area contributed by atoms with Gasteiger partial charge in [0.2, 0.25) is 5.91 Å². The van der Waals surface area contributed by atoms with Crippen LogP contribution in [0.15, 0.2) is 18.2 Å². The molecule has 0 unspecified atom stereocenters. The Kier molecular flexibility index (Phi) is 4.35. The summed E-state index contributed by atoms with van der Waals surface area (Å²) in [5.41, 5.74) is 0.828. The predicted octanol–water partition coefficient (Wildman–Crippen LogP) is 1.53. The average molecular weight is 293 g/mol. The van der Waals surface area contributed by atoms with Gasteiger partial charge in [0.05, 0.1) is 32.6 Å². The Balaban J connectivity index is 2.17. The highest BCUT2D eigenvalue weighted by molar-refractivity contribution is 5.87. The zero-order valence-electron chi connectivity index (χ0n) is 12.3. The number of carbonyl (C=O) groups excluding carboxylic acids is 1. The van der Waals surface area contributed by atoms with Crippen LogP contribution in [0.2, 0.25) is 0 Å². The molecule has 0 aromatic heterocycles. The lowest BCUT2D eigenvalue weighted by atomic mass is 9.86. The van der Waals surface area contributed by atoms with Crippen molar-refractivity contribution in [3.8, 4) is 11.5 Å². The van der Waals surface area contributed by atoms with Crippen molar-refractivity contribution in [1.82, 2.24) is 4.90 Å². The minimum absolute atomic E-state index is 0.0286. The van der Waals surface area contributed by atoms with Crippen LogP contribution >= 0.6 is 0 Å². The van der Waals surface area contributed by atoms with E-state index in [4.69, 9.17) is 14.6 Å². The molecule has 0 saturated carbocycles. The summed E-state index contributed by atoms with van der Waals surface area (Å²) in [7, 11) is 3.12. The van der Waals surface area contributed by atoms with Gasteiger partial charge in [-0.15, -0.1) is 0 Å². The van der Waals surface area contributed by atoms with Crippen LogP contribution in [0.25, 0.3) is 0 Å². The molecule has 21 heavy (non-hydrogen) atoms. The van der Waals surface area contributed by atoms with Gasteiger partial charge in [-0.25, -0.2) is 0 Å². The second kappa shape index (κ2) is 6.03. The number of carboxylic acids is 1. The third-order valence-electron chi connectivity index (χ3n) is 3.87. The molecule has 6 heteroatoms. The van der Waals surface area contributed by atoms with Crippen LogP contribution in [0, 0.1) is 5.92 Å². The minimum Gasteiger partial charge on any atom is -0.497 e. The van der Waals surface area contributed by atoms with E-state index < -0.39 is 5.97 Å². The molecule has 0 aliphatic carbocycles. The number of benzene rings is 1. The van der Waals surface area contributed by atoms with Crippen molar-refractivity contribution in [1.29, 1.82) is 0 Å². The molecular weight excluding hydrogens is 274 g/mol. The molecule has 1 aromatic rings. The molecule has 0 spiro atoms. The Morgan fingerprint density at radius 1 is 1.33 bits per heavy atom. The fourth-order valence-electron chi connectivity index (χ4n) is 2.60. The van der Waals surface area contributed by atoms with E-state index in [1.807, 2.05) is 6.07 Å². The molecule has 6 nitrogen and oxygen atoms in total. The van der Waals surface area contributed by atoms with Crippen molar-refractivity contribution in [2.24, 2.45) is 5.92 Å². The lowest BCUT2D eigenvalue weighted by molar-refractivity contribution is -0.159. The topological polar surface area (TPSA) is 76.1 Å². The van der Waals surface area contributed by atoms with Gasteiger partial charge in [-0.1, -0.05) is 6.92 Å². The SMILES string of the molecule is COc1ccc(CN2C(=O)[C@@H](C)[C@@H]2CC(=O)O)c(OC)c1. The highest BCUT2D eigenvalue weighted by Gasteiger charge is 2.45. The Morgan fingerprint density at radius 2 is 2.05 bits per heavy atom. The van der Waals surface area contributed by atoms with Gasteiger partial charge in [-0.05, 0) is 12.1 Å². The summed E-state index contributed by atoms with van der Waals surface area (Å²) >= 11 is 0. The molecule has 1 aliphatic rings. The summed E-state index contributed by atoms with van der Waals surface area (Å²) < 4.78 is 10.4. The highest BCUT2D eigenvalue weighted by atomic mass is 16.5. The quantitative estimate of drug-likeness (QED) is 0.805. The van der Waals surface area contributed by atoms with E-state index in [-0.39, 0.29) is 24.3 Å². The lowest BCUT2D eigenvalue weighted by Gasteiger charge is -2.45. The van der Waals surface area contributed by atoms with Crippen LogP contribution in [0.5, 0.6) is 11.5 Å². The van der Waals surface area contributed by atoms with Crippen LogP contribution in [0.3, 0.4) is 0 Å². The summed E-state index contributed by atoms with van der Waals surface area (Å²) in [4.78, 5) is 24.4. The van der Waals surface area contributed by atoms with Crippen molar-refractivity contribution in [3.05, 3.63) is 23.8 Å². The van der Waals surface area contributed by atoms with Crippen molar-refractivity contribution >= 4 is 11.9 Å². The maximum Gasteiger partial charge on any atom is 0.305 e. The summed E-state index contributed by atoms with van der Waals surface area (Å²) in [6.45, 7) is 2.10. The van der Waals surface area contributed by atoms with Gasteiger partial charge in [0.25, 0.3) is 0 Å². The van der Waals surface area contributed by atoms with Crippen LogP contribution in [-0.2, 0) is 16.1 Å². The van der Waals surface area contributed by atoms with Gasteiger partial charge in [0, 0.05) is 18.2 Å².